The van der Waals surface area contributed by atoms with Crippen molar-refractivity contribution in [2.24, 2.45) is 0 Å². The Bertz CT molecular complexity index is 871. The Balaban J connectivity index is 1.82. The van der Waals surface area contributed by atoms with Crippen LogP contribution in [0, 0.1) is 11.5 Å². The molecule has 1 aromatic carbocycles. The van der Waals surface area contributed by atoms with E-state index in [4.69, 9.17) is 4.74 Å². The van der Waals surface area contributed by atoms with Crippen LogP contribution in [0.25, 0.3) is 0 Å². The van der Waals surface area contributed by atoms with Crippen molar-refractivity contribution in [2.75, 3.05) is 18.0 Å². The minimum atomic E-state index is -1.47. The number of rotatable bonds is 1. The van der Waals surface area contributed by atoms with E-state index in [2.05, 4.69) is 31.1 Å². The van der Waals surface area contributed by atoms with Crippen molar-refractivity contribution in [3.05, 3.63) is 29.3 Å². The van der Waals surface area contributed by atoms with Crippen LogP contribution in [-0.4, -0.2) is 49.7 Å². The zero-order valence-electron chi connectivity index (χ0n) is 18.5. The number of likely N-dealkylation sites (tertiary alicyclic amines) is 1. The molecule has 0 spiro atoms. The topological polar surface area (TPSA) is 49.9 Å². The van der Waals surface area contributed by atoms with Crippen LogP contribution in [0.1, 0.15) is 44.7 Å². The highest BCUT2D eigenvalue weighted by atomic mass is 28.3. The first-order valence-corrected chi connectivity index (χ1v) is 13.9. The Kier molecular flexibility index (Phi) is 5.82. The number of benzene rings is 1. The Morgan fingerprint density at radius 2 is 1.90 bits per heavy atom. The molecule has 2 aliphatic rings. The lowest BCUT2D eigenvalue weighted by atomic mass is 10.1. The number of fused-ring (bicyclic) bond motifs is 1. The Labute approximate surface area is 175 Å². The molecule has 1 fully saturated rings. The van der Waals surface area contributed by atoms with Gasteiger partial charge in [0.2, 0.25) is 5.91 Å². The highest BCUT2D eigenvalue weighted by Gasteiger charge is 2.40. The van der Waals surface area contributed by atoms with E-state index in [1.54, 1.807) is 4.90 Å². The van der Waals surface area contributed by atoms with Gasteiger partial charge in [0, 0.05) is 24.3 Å². The molecule has 2 heterocycles. The van der Waals surface area contributed by atoms with E-state index in [9.17, 15) is 9.59 Å². The smallest absolute Gasteiger partial charge is 0.410 e. The minimum absolute atomic E-state index is 0.0117. The molecule has 0 radical (unpaired) electrons. The molecule has 29 heavy (non-hydrogen) atoms. The molecular weight excluding hydrogens is 380 g/mol. The van der Waals surface area contributed by atoms with Gasteiger partial charge in [0.1, 0.15) is 19.7 Å². The number of amides is 2. The van der Waals surface area contributed by atoms with Gasteiger partial charge in [0.25, 0.3) is 0 Å². The number of carbonyl (C=O) groups is 2. The van der Waals surface area contributed by atoms with Gasteiger partial charge in [-0.1, -0.05) is 31.6 Å². The van der Waals surface area contributed by atoms with Crippen LogP contribution < -0.4 is 4.90 Å². The van der Waals surface area contributed by atoms with Gasteiger partial charge in [0.15, 0.2) is 0 Å². The molecule has 2 amide bonds. The van der Waals surface area contributed by atoms with Crippen molar-refractivity contribution >= 4 is 25.8 Å². The largest absolute Gasteiger partial charge is 0.444 e. The molecule has 1 aromatic rings. The standard InChI is InChI=1S/C23H32N2O3Si/c1-23(2,3)28-22(27)25-14-8-11-20(25)21(26)24-15-12-18-17(9-7-10-19(18)24)13-16-29(4,5)6/h7,9-10,20H,8,11-12,14-15H2,1-6H3/t20-/m0/s1. The number of ether oxygens (including phenoxy) is 1. The van der Waals surface area contributed by atoms with Crippen LogP contribution >= 0.6 is 0 Å². The first-order chi connectivity index (χ1) is 13.5. The molecule has 0 aromatic heterocycles. The minimum Gasteiger partial charge on any atom is -0.444 e. The highest BCUT2D eigenvalue weighted by Crippen LogP contribution is 2.33. The summed E-state index contributed by atoms with van der Waals surface area (Å²) in [5, 5.41) is 0. The lowest BCUT2D eigenvalue weighted by Gasteiger charge is -2.30. The van der Waals surface area contributed by atoms with Crippen molar-refractivity contribution in [2.45, 2.75) is 71.3 Å². The number of hydrogen-bond donors (Lipinski definition) is 0. The summed E-state index contributed by atoms with van der Waals surface area (Å²) in [6.07, 6.45) is 1.90. The van der Waals surface area contributed by atoms with E-state index in [0.29, 0.717) is 19.5 Å². The van der Waals surface area contributed by atoms with Gasteiger partial charge in [-0.25, -0.2) is 4.79 Å². The van der Waals surface area contributed by atoms with Gasteiger partial charge >= 0.3 is 6.09 Å². The summed E-state index contributed by atoms with van der Waals surface area (Å²) in [4.78, 5) is 29.4. The van der Waals surface area contributed by atoms with Crippen LogP contribution in [-0.2, 0) is 16.0 Å². The second-order valence-corrected chi connectivity index (χ2v) is 14.6. The van der Waals surface area contributed by atoms with Crippen LogP contribution in [0.2, 0.25) is 19.6 Å². The molecule has 1 saturated heterocycles. The maximum atomic E-state index is 13.4. The fourth-order valence-electron chi connectivity index (χ4n) is 3.78. The number of nitrogens with zero attached hydrogens (tertiary/aromatic N) is 2. The van der Waals surface area contributed by atoms with Crippen LogP contribution in [0.15, 0.2) is 18.2 Å². The Morgan fingerprint density at radius 1 is 1.17 bits per heavy atom. The summed E-state index contributed by atoms with van der Waals surface area (Å²) in [5.74, 6) is 3.34. The number of anilines is 1. The van der Waals surface area contributed by atoms with Gasteiger partial charge in [-0.05, 0) is 57.7 Å². The second-order valence-electron chi connectivity index (χ2n) is 9.87. The van der Waals surface area contributed by atoms with E-state index < -0.39 is 25.8 Å². The quantitative estimate of drug-likeness (QED) is 0.513. The second kappa shape index (κ2) is 7.87. The molecule has 2 aliphatic heterocycles. The molecule has 1 atom stereocenters. The monoisotopic (exact) mass is 412 g/mol. The normalized spacial score (nSPS) is 18.9. The number of carbonyl (C=O) groups excluding carboxylic acids is 2. The molecule has 0 unspecified atom stereocenters. The van der Waals surface area contributed by atoms with E-state index in [-0.39, 0.29) is 5.91 Å². The van der Waals surface area contributed by atoms with Crippen LogP contribution in [0.5, 0.6) is 0 Å². The van der Waals surface area contributed by atoms with Gasteiger partial charge in [-0.3, -0.25) is 9.69 Å². The van der Waals surface area contributed by atoms with E-state index in [1.165, 1.54) is 0 Å². The van der Waals surface area contributed by atoms with E-state index >= 15 is 0 Å². The summed E-state index contributed by atoms with van der Waals surface area (Å²) in [6.45, 7) is 13.4. The van der Waals surface area contributed by atoms with Crippen molar-refractivity contribution < 1.29 is 14.3 Å². The lowest BCUT2D eigenvalue weighted by Crippen LogP contribution is -2.48. The maximum Gasteiger partial charge on any atom is 0.410 e. The summed E-state index contributed by atoms with van der Waals surface area (Å²) in [5.41, 5.74) is 5.96. The van der Waals surface area contributed by atoms with Crippen molar-refractivity contribution in [3.63, 3.8) is 0 Å². The number of hydrogen-bond acceptors (Lipinski definition) is 3. The average Bonchev–Trinajstić information content (AvgIpc) is 3.24. The highest BCUT2D eigenvalue weighted by molar-refractivity contribution is 6.83. The van der Waals surface area contributed by atoms with Crippen molar-refractivity contribution in [1.82, 2.24) is 4.90 Å². The van der Waals surface area contributed by atoms with E-state index in [1.807, 2.05) is 43.9 Å². The van der Waals surface area contributed by atoms with Gasteiger partial charge in [-0.2, -0.15) is 0 Å². The zero-order chi connectivity index (χ0) is 21.4. The molecule has 5 nitrogen and oxygen atoms in total. The summed E-state index contributed by atoms with van der Waals surface area (Å²) in [7, 11) is -1.47. The van der Waals surface area contributed by atoms with Gasteiger partial charge in [0.05, 0.1) is 0 Å². The Morgan fingerprint density at radius 3 is 2.55 bits per heavy atom. The third-order valence-electron chi connectivity index (χ3n) is 5.03. The third kappa shape index (κ3) is 5.02. The zero-order valence-corrected chi connectivity index (χ0v) is 19.5. The SMILES string of the molecule is CC(C)(C)OC(=O)N1CCC[C@H]1C(=O)N1CCc2c(C#C[Si](C)(C)C)cccc21. The molecule has 0 bridgehead atoms. The average molecular weight is 413 g/mol. The van der Waals surface area contributed by atoms with Crippen LogP contribution in [0.4, 0.5) is 10.5 Å². The molecule has 0 saturated carbocycles. The predicted molar refractivity (Wildman–Crippen MR) is 119 cm³/mol. The van der Waals surface area contributed by atoms with Crippen molar-refractivity contribution in [3.8, 4) is 11.5 Å². The molecule has 6 heteroatoms. The molecule has 3 rings (SSSR count). The fraction of sp³-hybridized carbons (Fsp3) is 0.565. The van der Waals surface area contributed by atoms with Crippen molar-refractivity contribution in [1.29, 1.82) is 0 Å². The maximum absolute atomic E-state index is 13.4. The molecule has 156 valence electrons. The predicted octanol–water partition coefficient (Wildman–Crippen LogP) is 4.20. The summed E-state index contributed by atoms with van der Waals surface area (Å²) < 4.78 is 5.52. The first-order valence-electron chi connectivity index (χ1n) is 10.4. The molecule has 0 aliphatic carbocycles. The third-order valence-corrected chi connectivity index (χ3v) is 5.91. The molecule has 0 N–H and O–H groups in total. The fourth-order valence-corrected chi connectivity index (χ4v) is 4.29. The summed E-state index contributed by atoms with van der Waals surface area (Å²) in [6, 6.07) is 5.56. The van der Waals surface area contributed by atoms with E-state index in [0.717, 1.165) is 29.7 Å². The first kappa shape index (κ1) is 21.4. The Hall–Kier alpha value is -2.26. The lowest BCUT2D eigenvalue weighted by molar-refractivity contribution is -0.122. The van der Waals surface area contributed by atoms with Gasteiger partial charge in [-0.15, -0.1) is 5.54 Å². The summed E-state index contributed by atoms with van der Waals surface area (Å²) >= 11 is 0. The molecular formula is C23H32N2O3Si. The van der Waals surface area contributed by atoms with Gasteiger partial charge < -0.3 is 9.64 Å². The van der Waals surface area contributed by atoms with Crippen LogP contribution in [0.3, 0.4) is 0 Å².